The topological polar surface area (TPSA) is 101 Å². The predicted octanol–water partition coefficient (Wildman–Crippen LogP) is 2.93. The maximum atomic E-state index is 12.1. The van der Waals surface area contributed by atoms with Crippen molar-refractivity contribution in [3.8, 4) is 5.75 Å². The number of ether oxygens (including phenoxy) is 2. The number of benzene rings is 1. The van der Waals surface area contributed by atoms with E-state index in [1.807, 2.05) is 0 Å². The average molecular weight is 387 g/mol. The van der Waals surface area contributed by atoms with Crippen molar-refractivity contribution in [1.29, 1.82) is 0 Å². The summed E-state index contributed by atoms with van der Waals surface area (Å²) in [7, 11) is 1.13. The summed E-state index contributed by atoms with van der Waals surface area (Å²) in [4.78, 5) is 33.8. The van der Waals surface area contributed by atoms with E-state index in [0.29, 0.717) is 10.8 Å². The number of carbonyl (C=O) groups is 1. The van der Waals surface area contributed by atoms with Gasteiger partial charge in [-0.05, 0) is 18.2 Å². The minimum absolute atomic E-state index is 0.0109. The molecule has 0 aliphatic carbocycles. The fourth-order valence-corrected chi connectivity index (χ4v) is 2.46. The zero-order valence-corrected chi connectivity index (χ0v) is 14.4. The van der Waals surface area contributed by atoms with Crippen LogP contribution in [0.3, 0.4) is 0 Å². The quantitative estimate of drug-likeness (QED) is 0.429. The molecule has 0 atom stereocenters. The van der Waals surface area contributed by atoms with Crippen molar-refractivity contribution >= 4 is 34.9 Å². The molecule has 10 heteroatoms. The molecule has 0 fully saturated rings. The fourth-order valence-electron chi connectivity index (χ4n) is 1.99. The lowest BCUT2D eigenvalue weighted by Gasteiger charge is -2.10. The van der Waals surface area contributed by atoms with E-state index < -0.39 is 22.1 Å². The summed E-state index contributed by atoms with van der Waals surface area (Å²) in [5.74, 6) is -0.448. The van der Waals surface area contributed by atoms with E-state index >= 15 is 0 Å². The largest absolute Gasteiger partial charge is 0.490 e. The highest BCUT2D eigenvalue weighted by atomic mass is 35.5. The van der Waals surface area contributed by atoms with Crippen molar-refractivity contribution in [1.82, 2.24) is 4.57 Å². The van der Waals surface area contributed by atoms with Crippen molar-refractivity contribution < 1.29 is 19.2 Å². The molecule has 2 aromatic rings. The molecule has 0 radical (unpaired) electrons. The van der Waals surface area contributed by atoms with Crippen molar-refractivity contribution in [2.45, 2.75) is 6.54 Å². The van der Waals surface area contributed by atoms with Gasteiger partial charge in [-0.15, -0.1) is 0 Å². The molecule has 1 aromatic heterocycles. The smallest absolute Gasteiger partial charge is 0.339 e. The number of rotatable bonds is 6. The van der Waals surface area contributed by atoms with Gasteiger partial charge in [0.05, 0.1) is 29.2 Å². The van der Waals surface area contributed by atoms with Gasteiger partial charge in [0.2, 0.25) is 0 Å². The highest BCUT2D eigenvalue weighted by molar-refractivity contribution is 6.35. The third kappa shape index (κ3) is 4.49. The summed E-state index contributed by atoms with van der Waals surface area (Å²) in [5, 5.41) is 11.7. The first-order chi connectivity index (χ1) is 11.8. The lowest BCUT2D eigenvalue weighted by atomic mass is 10.2. The first-order valence-corrected chi connectivity index (χ1v) is 7.64. The van der Waals surface area contributed by atoms with Crippen LogP contribution in [-0.2, 0) is 11.3 Å². The van der Waals surface area contributed by atoms with Gasteiger partial charge in [0.25, 0.3) is 0 Å². The maximum Gasteiger partial charge on any atom is 0.339 e. The van der Waals surface area contributed by atoms with Gasteiger partial charge in [-0.25, -0.2) is 4.79 Å². The highest BCUT2D eigenvalue weighted by Crippen LogP contribution is 2.27. The molecule has 0 bridgehead atoms. The summed E-state index contributed by atoms with van der Waals surface area (Å²) >= 11 is 11.7. The lowest BCUT2D eigenvalue weighted by molar-refractivity contribution is -0.386. The van der Waals surface area contributed by atoms with E-state index in [1.54, 1.807) is 12.1 Å². The Hall–Kier alpha value is -2.58. The van der Waals surface area contributed by atoms with Crippen LogP contribution in [0.5, 0.6) is 5.75 Å². The maximum absolute atomic E-state index is 12.1. The van der Waals surface area contributed by atoms with Gasteiger partial charge in [-0.3, -0.25) is 14.9 Å². The molecule has 0 N–H and O–H groups in total. The summed E-state index contributed by atoms with van der Waals surface area (Å²) in [6.07, 6.45) is 1.17. The highest BCUT2D eigenvalue weighted by Gasteiger charge is 2.20. The second-order valence-electron chi connectivity index (χ2n) is 4.78. The predicted molar refractivity (Wildman–Crippen MR) is 90.7 cm³/mol. The molecular weight excluding hydrogens is 375 g/mol. The van der Waals surface area contributed by atoms with Gasteiger partial charge < -0.3 is 14.0 Å². The van der Waals surface area contributed by atoms with Gasteiger partial charge in [0.15, 0.2) is 0 Å². The van der Waals surface area contributed by atoms with E-state index in [9.17, 15) is 19.7 Å². The number of pyridine rings is 1. The molecule has 8 nitrogen and oxygen atoms in total. The van der Waals surface area contributed by atoms with Crippen LogP contribution in [0.1, 0.15) is 10.4 Å². The molecule has 2 rings (SSSR count). The Bertz CT molecular complexity index is 881. The van der Waals surface area contributed by atoms with E-state index in [2.05, 4.69) is 4.74 Å². The average Bonchev–Trinajstić information content (AvgIpc) is 2.57. The molecule has 0 unspecified atom stereocenters. The molecular formula is C15H12Cl2N2O6. The van der Waals surface area contributed by atoms with Crippen LogP contribution in [0, 0.1) is 10.1 Å². The minimum Gasteiger partial charge on any atom is -0.490 e. The van der Waals surface area contributed by atoms with Crippen LogP contribution < -0.4 is 10.3 Å². The molecule has 0 saturated heterocycles. The molecule has 0 aliphatic heterocycles. The van der Waals surface area contributed by atoms with Crippen LogP contribution in [0.25, 0.3) is 0 Å². The number of nitrogens with zero attached hydrogens (tertiary/aromatic N) is 2. The second-order valence-corrected chi connectivity index (χ2v) is 5.63. The Morgan fingerprint density at radius 1 is 1.32 bits per heavy atom. The Kier molecular flexibility index (Phi) is 6.00. The minimum atomic E-state index is -0.859. The molecule has 0 saturated carbocycles. The van der Waals surface area contributed by atoms with Gasteiger partial charge in [-0.1, -0.05) is 23.2 Å². The zero-order chi connectivity index (χ0) is 18.6. The first-order valence-electron chi connectivity index (χ1n) is 6.88. The number of carbonyl (C=O) groups excluding carboxylic acids is 1. The van der Waals surface area contributed by atoms with Crippen molar-refractivity contribution in [2.75, 3.05) is 13.7 Å². The van der Waals surface area contributed by atoms with Crippen molar-refractivity contribution in [2.24, 2.45) is 0 Å². The number of nitro groups is 1. The standard InChI is InChI=1S/C15H12Cl2N2O6/c1-24-15(21)9-6-12(19(22)23)14(20)18(8-9)4-5-25-13-3-2-10(16)7-11(13)17/h2-3,6-8H,4-5H2,1H3. The number of esters is 1. The molecule has 0 amide bonds. The van der Waals surface area contributed by atoms with E-state index in [0.717, 1.165) is 17.7 Å². The summed E-state index contributed by atoms with van der Waals surface area (Å²) < 4.78 is 11.0. The number of methoxy groups -OCH3 is 1. The number of hydrogen-bond acceptors (Lipinski definition) is 6. The molecule has 1 aromatic carbocycles. The summed E-state index contributed by atoms with van der Waals surface area (Å²) in [5.41, 5.74) is -1.70. The van der Waals surface area contributed by atoms with Crippen LogP contribution >= 0.6 is 23.2 Å². The number of halogens is 2. The molecule has 0 aliphatic rings. The van der Waals surface area contributed by atoms with E-state index in [1.165, 1.54) is 12.3 Å². The zero-order valence-electron chi connectivity index (χ0n) is 12.9. The molecule has 132 valence electrons. The summed E-state index contributed by atoms with van der Waals surface area (Å²) in [6, 6.07) is 5.51. The normalized spacial score (nSPS) is 10.4. The number of aromatic nitrogens is 1. The fraction of sp³-hybridized carbons (Fsp3) is 0.200. The SMILES string of the molecule is COC(=O)c1cc([N+](=O)[O-])c(=O)n(CCOc2ccc(Cl)cc2Cl)c1. The third-order valence-corrected chi connectivity index (χ3v) is 3.70. The molecule has 25 heavy (non-hydrogen) atoms. The second kappa shape index (κ2) is 8.00. The number of hydrogen-bond donors (Lipinski definition) is 0. The van der Waals surface area contributed by atoms with Gasteiger partial charge in [0.1, 0.15) is 12.4 Å². The first kappa shape index (κ1) is 18.8. The van der Waals surface area contributed by atoms with Crippen LogP contribution in [0.4, 0.5) is 5.69 Å². The van der Waals surface area contributed by atoms with Gasteiger partial charge in [-0.2, -0.15) is 0 Å². The van der Waals surface area contributed by atoms with Gasteiger partial charge >= 0.3 is 17.2 Å². The van der Waals surface area contributed by atoms with E-state index in [-0.39, 0.29) is 23.7 Å². The Morgan fingerprint density at radius 2 is 2.04 bits per heavy atom. The van der Waals surface area contributed by atoms with Crippen LogP contribution in [0.15, 0.2) is 35.3 Å². The monoisotopic (exact) mass is 386 g/mol. The van der Waals surface area contributed by atoms with Crippen molar-refractivity contribution in [3.05, 3.63) is 66.5 Å². The van der Waals surface area contributed by atoms with Gasteiger partial charge in [0, 0.05) is 17.3 Å². The van der Waals surface area contributed by atoms with E-state index in [4.69, 9.17) is 27.9 Å². The van der Waals surface area contributed by atoms with Crippen molar-refractivity contribution in [3.63, 3.8) is 0 Å². The molecule has 1 heterocycles. The Labute approximate surface area is 151 Å². The van der Waals surface area contributed by atoms with Crippen LogP contribution in [0.2, 0.25) is 10.0 Å². The Morgan fingerprint density at radius 3 is 2.64 bits per heavy atom. The van der Waals surface area contributed by atoms with Crippen LogP contribution in [-0.4, -0.2) is 29.2 Å². The summed E-state index contributed by atoms with van der Waals surface area (Å²) in [6.45, 7) is -0.0491. The lowest BCUT2D eigenvalue weighted by Crippen LogP contribution is -2.26. The Balaban J connectivity index is 2.23. The molecule has 0 spiro atoms. The third-order valence-electron chi connectivity index (χ3n) is 3.17.